The van der Waals surface area contributed by atoms with Crippen LogP contribution in [0.2, 0.25) is 5.02 Å². The van der Waals surface area contributed by atoms with Gasteiger partial charge in [-0.1, -0.05) is 35.9 Å². The number of anilines is 1. The number of pyridine rings is 1. The number of benzene rings is 2. The second-order valence-electron chi connectivity index (χ2n) is 10.6. The molecule has 3 amide bonds. The molecule has 4 rings (SSSR count). The first-order valence-corrected chi connectivity index (χ1v) is 14.3. The van der Waals surface area contributed by atoms with Crippen LogP contribution in [0.1, 0.15) is 18.1 Å². The van der Waals surface area contributed by atoms with Crippen LogP contribution in [0, 0.1) is 5.82 Å². The van der Waals surface area contributed by atoms with Gasteiger partial charge in [0.25, 0.3) is 0 Å². The van der Waals surface area contributed by atoms with Crippen LogP contribution in [0.25, 0.3) is 0 Å². The maximum Gasteiger partial charge on any atom is 0.471 e. The number of amides is 3. The van der Waals surface area contributed by atoms with Crippen molar-refractivity contribution in [2.75, 3.05) is 31.6 Å². The number of carbonyl (C=O) groups excluding carboxylic acids is 3. The average molecular weight is 634 g/mol. The van der Waals surface area contributed by atoms with E-state index in [0.29, 0.717) is 21.9 Å². The largest absolute Gasteiger partial charge is 0.471 e. The number of alkyl halides is 3. The molecule has 0 spiro atoms. The lowest BCUT2D eigenvalue weighted by Gasteiger charge is -2.45. The van der Waals surface area contributed by atoms with Crippen molar-refractivity contribution in [3.05, 3.63) is 95.0 Å². The first-order chi connectivity index (χ1) is 20.9. The molecule has 0 bridgehead atoms. The fourth-order valence-corrected chi connectivity index (χ4v) is 5.52. The third-order valence-electron chi connectivity index (χ3n) is 7.62. The number of likely N-dealkylation sites (N-methyl/N-ethyl adjacent to an activating group) is 1. The second kappa shape index (κ2) is 14.2. The fraction of sp³-hybridized carbons (Fsp3) is 0.355. The van der Waals surface area contributed by atoms with Crippen LogP contribution in [-0.4, -0.2) is 83.5 Å². The Kier molecular flexibility index (Phi) is 10.6. The highest BCUT2D eigenvalue weighted by Gasteiger charge is 2.48. The molecule has 0 saturated carbocycles. The van der Waals surface area contributed by atoms with Gasteiger partial charge in [-0.2, -0.15) is 13.2 Å². The molecule has 8 nitrogen and oxygen atoms in total. The lowest BCUT2D eigenvalue weighted by atomic mass is 9.99. The quantitative estimate of drug-likeness (QED) is 0.356. The minimum Gasteiger partial charge on any atom is -0.358 e. The fourth-order valence-electron chi connectivity index (χ4n) is 5.40. The number of aromatic nitrogens is 1. The normalized spacial score (nSPS) is 17.1. The summed E-state index contributed by atoms with van der Waals surface area (Å²) >= 11 is 6.01. The predicted octanol–water partition coefficient (Wildman–Crippen LogP) is 4.27. The Morgan fingerprint density at radius 3 is 2.14 bits per heavy atom. The van der Waals surface area contributed by atoms with E-state index in [-0.39, 0.29) is 37.6 Å². The highest BCUT2D eigenvalue weighted by atomic mass is 35.5. The summed E-state index contributed by atoms with van der Waals surface area (Å²) in [6.07, 6.45) is -2.75. The van der Waals surface area contributed by atoms with Gasteiger partial charge >= 0.3 is 12.1 Å². The molecule has 44 heavy (non-hydrogen) atoms. The van der Waals surface area contributed by atoms with Gasteiger partial charge in [-0.05, 0) is 60.9 Å². The molecular formula is C31H32ClF4N5O3. The first-order valence-electron chi connectivity index (χ1n) is 13.9. The molecule has 0 aliphatic carbocycles. The minimum atomic E-state index is -5.28. The van der Waals surface area contributed by atoms with Crippen molar-refractivity contribution in [3.63, 3.8) is 0 Å². The van der Waals surface area contributed by atoms with E-state index in [1.807, 2.05) is 17.0 Å². The van der Waals surface area contributed by atoms with Crippen LogP contribution in [0.15, 0.2) is 73.1 Å². The van der Waals surface area contributed by atoms with Gasteiger partial charge in [0.15, 0.2) is 0 Å². The summed E-state index contributed by atoms with van der Waals surface area (Å²) < 4.78 is 55.4. The first kappa shape index (κ1) is 32.9. The standard InChI is InChI=1S/C31H32ClF4N5O3/c1-20-19-39(26(28(42)37-2)17-21-3-7-23(32)8-4-21)15-16-40(20)29(43)27(18-22-5-9-24(33)10-6-22)41(30(44)31(34,35)36)25-11-13-38-14-12-25/h3-14,20,26-27H,15-19H2,1-2H3,(H,37,42). The molecule has 3 unspecified atom stereocenters. The number of hydrogen-bond acceptors (Lipinski definition) is 5. The minimum absolute atomic E-state index is 0.0957. The average Bonchev–Trinajstić information content (AvgIpc) is 3.00. The van der Waals surface area contributed by atoms with E-state index in [1.165, 1.54) is 48.6 Å². The molecule has 234 valence electrons. The van der Waals surface area contributed by atoms with Crippen molar-refractivity contribution in [1.29, 1.82) is 0 Å². The van der Waals surface area contributed by atoms with E-state index in [0.717, 1.165) is 17.7 Å². The van der Waals surface area contributed by atoms with Crippen molar-refractivity contribution in [3.8, 4) is 0 Å². The van der Waals surface area contributed by atoms with Crippen molar-refractivity contribution in [2.45, 2.75) is 44.1 Å². The second-order valence-corrected chi connectivity index (χ2v) is 11.0. The Morgan fingerprint density at radius 2 is 1.57 bits per heavy atom. The summed E-state index contributed by atoms with van der Waals surface area (Å²) in [5.41, 5.74) is 1.09. The van der Waals surface area contributed by atoms with Crippen LogP contribution in [0.3, 0.4) is 0 Å². The third-order valence-corrected chi connectivity index (χ3v) is 7.87. The summed E-state index contributed by atoms with van der Waals surface area (Å²) in [5, 5.41) is 3.24. The molecule has 2 heterocycles. The van der Waals surface area contributed by atoms with Gasteiger partial charge in [-0.3, -0.25) is 29.2 Å². The molecule has 1 aliphatic rings. The number of halogens is 5. The van der Waals surface area contributed by atoms with Crippen molar-refractivity contribution < 1.29 is 31.9 Å². The maximum atomic E-state index is 14.2. The van der Waals surface area contributed by atoms with Gasteiger partial charge in [-0.15, -0.1) is 0 Å². The highest BCUT2D eigenvalue weighted by Crippen LogP contribution is 2.29. The van der Waals surface area contributed by atoms with Crippen molar-refractivity contribution in [2.24, 2.45) is 0 Å². The van der Waals surface area contributed by atoms with Gasteiger partial charge in [0, 0.05) is 62.2 Å². The van der Waals surface area contributed by atoms with Crippen LogP contribution in [0.5, 0.6) is 0 Å². The van der Waals surface area contributed by atoms with Gasteiger partial charge in [-0.25, -0.2) is 4.39 Å². The Hall–Kier alpha value is -4.03. The molecule has 1 saturated heterocycles. The van der Waals surface area contributed by atoms with E-state index in [1.54, 1.807) is 19.1 Å². The Morgan fingerprint density at radius 1 is 0.977 bits per heavy atom. The number of hydrogen-bond donors (Lipinski definition) is 1. The number of nitrogens with one attached hydrogen (secondary N) is 1. The van der Waals surface area contributed by atoms with E-state index in [4.69, 9.17) is 11.6 Å². The van der Waals surface area contributed by atoms with Gasteiger partial charge in [0.1, 0.15) is 11.9 Å². The number of rotatable bonds is 9. The Bertz CT molecular complexity index is 1440. The van der Waals surface area contributed by atoms with Crippen LogP contribution in [-0.2, 0) is 27.2 Å². The molecule has 3 aromatic rings. The number of nitrogens with zero attached hydrogens (tertiary/aromatic N) is 4. The molecule has 0 radical (unpaired) electrons. The maximum absolute atomic E-state index is 14.2. The molecule has 13 heteroatoms. The van der Waals surface area contributed by atoms with Gasteiger partial charge in [0.05, 0.1) is 6.04 Å². The summed E-state index contributed by atoms with van der Waals surface area (Å²) in [4.78, 5) is 47.6. The van der Waals surface area contributed by atoms with Crippen molar-refractivity contribution >= 4 is 35.0 Å². The van der Waals surface area contributed by atoms with Crippen molar-refractivity contribution in [1.82, 2.24) is 20.1 Å². The zero-order valence-electron chi connectivity index (χ0n) is 24.1. The molecule has 1 aliphatic heterocycles. The highest BCUT2D eigenvalue weighted by molar-refractivity contribution is 6.30. The van der Waals surface area contributed by atoms with Crippen LogP contribution >= 0.6 is 11.6 Å². The van der Waals surface area contributed by atoms with Gasteiger partial charge in [0.2, 0.25) is 11.8 Å². The molecular weight excluding hydrogens is 602 g/mol. The zero-order valence-corrected chi connectivity index (χ0v) is 24.9. The summed E-state index contributed by atoms with van der Waals surface area (Å²) in [7, 11) is 1.53. The summed E-state index contributed by atoms with van der Waals surface area (Å²) in [6, 6.07) is 11.9. The predicted molar refractivity (Wildman–Crippen MR) is 157 cm³/mol. The lowest BCUT2D eigenvalue weighted by Crippen LogP contribution is -2.63. The molecule has 1 aromatic heterocycles. The van der Waals surface area contributed by atoms with E-state index >= 15 is 0 Å². The molecule has 1 fully saturated rings. The van der Waals surface area contributed by atoms with E-state index in [9.17, 15) is 31.9 Å². The summed E-state index contributed by atoms with van der Waals surface area (Å²) in [5.74, 6) is -3.69. The number of piperazine rings is 1. The SMILES string of the molecule is CNC(=O)C(Cc1ccc(Cl)cc1)N1CCN(C(=O)C(Cc2ccc(F)cc2)N(C(=O)C(F)(F)F)c2ccncc2)C(C)C1. The Balaban J connectivity index is 1.64. The van der Waals surface area contributed by atoms with Gasteiger partial charge < -0.3 is 10.2 Å². The zero-order chi connectivity index (χ0) is 32.0. The smallest absolute Gasteiger partial charge is 0.358 e. The third kappa shape index (κ3) is 7.92. The molecule has 1 N–H and O–H groups in total. The summed E-state index contributed by atoms with van der Waals surface area (Å²) in [6.45, 7) is 2.35. The van der Waals surface area contributed by atoms with Crippen LogP contribution < -0.4 is 10.2 Å². The van der Waals surface area contributed by atoms with E-state index in [2.05, 4.69) is 10.3 Å². The van der Waals surface area contributed by atoms with E-state index < -0.39 is 41.9 Å². The lowest BCUT2D eigenvalue weighted by molar-refractivity contribution is -0.171. The molecule has 2 aromatic carbocycles. The Labute approximate surface area is 257 Å². The topological polar surface area (TPSA) is 85.9 Å². The number of carbonyl (C=O) groups is 3. The van der Waals surface area contributed by atoms with Crippen LogP contribution in [0.4, 0.5) is 23.2 Å². The monoisotopic (exact) mass is 633 g/mol. The molecule has 3 atom stereocenters.